The Hall–Kier alpha value is -1.04. The van der Waals surface area contributed by atoms with E-state index in [2.05, 4.69) is 15.9 Å². The van der Waals surface area contributed by atoms with Crippen LogP contribution in [-0.4, -0.2) is 6.29 Å². The predicted octanol–water partition coefficient (Wildman–Crippen LogP) is 2.86. The Balaban J connectivity index is 3.47. The quantitative estimate of drug-likeness (QED) is 0.628. The van der Waals surface area contributed by atoms with E-state index in [9.17, 15) is 18.0 Å². The van der Waals surface area contributed by atoms with Crippen LogP contribution in [0.3, 0.4) is 0 Å². The first-order chi connectivity index (χ1) is 6.38. The molecule has 1 aromatic rings. The van der Waals surface area contributed by atoms with E-state index < -0.39 is 17.3 Å². The van der Waals surface area contributed by atoms with Crippen LogP contribution < -0.4 is 5.73 Å². The summed E-state index contributed by atoms with van der Waals surface area (Å²) in [7, 11) is 0. The lowest BCUT2D eigenvalue weighted by atomic mass is 10.1. The molecule has 0 heterocycles. The van der Waals surface area contributed by atoms with E-state index in [1.165, 1.54) is 0 Å². The third-order valence-electron chi connectivity index (χ3n) is 1.66. The Labute approximate surface area is 86.0 Å². The highest BCUT2D eigenvalue weighted by molar-refractivity contribution is 9.10. The van der Waals surface area contributed by atoms with E-state index in [1.807, 2.05) is 0 Å². The fourth-order valence-electron chi connectivity index (χ4n) is 0.984. The van der Waals surface area contributed by atoms with Gasteiger partial charge in [0.05, 0.1) is 16.8 Å². The van der Waals surface area contributed by atoms with Crippen molar-refractivity contribution in [3.63, 3.8) is 0 Å². The van der Waals surface area contributed by atoms with Gasteiger partial charge in [-0.2, -0.15) is 13.2 Å². The van der Waals surface area contributed by atoms with Crippen LogP contribution >= 0.6 is 15.9 Å². The normalized spacial score (nSPS) is 11.4. The summed E-state index contributed by atoms with van der Waals surface area (Å²) in [6.45, 7) is 0. The molecule has 0 aliphatic rings. The molecular weight excluding hydrogens is 263 g/mol. The summed E-state index contributed by atoms with van der Waals surface area (Å²) in [5, 5.41) is 0. The summed E-state index contributed by atoms with van der Waals surface area (Å²) in [5.41, 5.74) is 3.56. The summed E-state index contributed by atoms with van der Waals surface area (Å²) in [4.78, 5) is 10.4. The first kappa shape index (κ1) is 11.0. The molecule has 0 spiro atoms. The van der Waals surface area contributed by atoms with Gasteiger partial charge in [0.1, 0.15) is 0 Å². The fourth-order valence-corrected chi connectivity index (χ4v) is 1.33. The molecule has 1 rings (SSSR count). The number of carbonyl (C=O) groups is 1. The second-order valence-corrected chi connectivity index (χ2v) is 3.39. The minimum Gasteiger partial charge on any atom is -0.397 e. The number of aldehydes is 1. The lowest BCUT2D eigenvalue weighted by Gasteiger charge is -2.11. The molecule has 0 aromatic heterocycles. The van der Waals surface area contributed by atoms with Crippen LogP contribution in [0.2, 0.25) is 0 Å². The summed E-state index contributed by atoms with van der Waals surface area (Å²) in [6.07, 6.45) is -4.46. The van der Waals surface area contributed by atoms with Crippen LogP contribution in [0.25, 0.3) is 0 Å². The van der Waals surface area contributed by atoms with Crippen LogP contribution in [0.4, 0.5) is 18.9 Å². The number of nitrogen functional groups attached to an aromatic ring is 1. The zero-order valence-electron chi connectivity index (χ0n) is 6.73. The Morgan fingerprint density at radius 2 is 1.93 bits per heavy atom. The summed E-state index contributed by atoms with van der Waals surface area (Å²) in [6, 6.07) is 1.97. The molecule has 2 N–H and O–H groups in total. The van der Waals surface area contributed by atoms with Gasteiger partial charge in [0.2, 0.25) is 0 Å². The molecular formula is C8H5BrF3NO. The van der Waals surface area contributed by atoms with Gasteiger partial charge in [0.15, 0.2) is 6.29 Å². The van der Waals surface area contributed by atoms with Gasteiger partial charge in [-0.3, -0.25) is 4.79 Å². The van der Waals surface area contributed by atoms with Crippen molar-refractivity contribution in [1.82, 2.24) is 0 Å². The lowest BCUT2D eigenvalue weighted by Crippen LogP contribution is -2.11. The van der Waals surface area contributed by atoms with Crippen molar-refractivity contribution >= 4 is 27.9 Å². The second-order valence-electron chi connectivity index (χ2n) is 2.54. The Morgan fingerprint density at radius 3 is 2.36 bits per heavy atom. The Morgan fingerprint density at radius 1 is 1.36 bits per heavy atom. The van der Waals surface area contributed by atoms with Gasteiger partial charge >= 0.3 is 6.18 Å². The molecule has 0 atom stereocenters. The van der Waals surface area contributed by atoms with Gasteiger partial charge in [-0.05, 0) is 28.1 Å². The van der Waals surface area contributed by atoms with Crippen molar-refractivity contribution < 1.29 is 18.0 Å². The average molecular weight is 268 g/mol. The number of benzene rings is 1. The zero-order valence-corrected chi connectivity index (χ0v) is 8.32. The maximum Gasteiger partial charge on any atom is 0.417 e. The molecule has 76 valence electrons. The molecule has 14 heavy (non-hydrogen) atoms. The van der Waals surface area contributed by atoms with Gasteiger partial charge in [-0.25, -0.2) is 0 Å². The monoisotopic (exact) mass is 267 g/mol. The van der Waals surface area contributed by atoms with Crippen LogP contribution in [0.15, 0.2) is 16.6 Å². The molecule has 1 aromatic carbocycles. The molecule has 0 unspecified atom stereocenters. The second kappa shape index (κ2) is 3.61. The van der Waals surface area contributed by atoms with Crippen LogP contribution in [0.1, 0.15) is 15.9 Å². The standard InChI is InChI=1S/C8H5BrF3NO/c9-6-2-1-5(8(10,11)12)4(3-14)7(6)13/h1-3H,13H2. The summed E-state index contributed by atoms with van der Waals surface area (Å²) >= 11 is 2.94. The van der Waals surface area contributed by atoms with Gasteiger partial charge in [-0.15, -0.1) is 0 Å². The van der Waals surface area contributed by atoms with Crippen molar-refractivity contribution in [1.29, 1.82) is 0 Å². The number of rotatable bonds is 1. The predicted molar refractivity (Wildman–Crippen MR) is 48.9 cm³/mol. The number of carbonyl (C=O) groups excluding carboxylic acids is 1. The van der Waals surface area contributed by atoms with E-state index in [0.29, 0.717) is 0 Å². The summed E-state index contributed by atoms with van der Waals surface area (Å²) in [5.74, 6) is 0. The summed E-state index contributed by atoms with van der Waals surface area (Å²) < 4.78 is 37.2. The molecule has 2 nitrogen and oxygen atoms in total. The smallest absolute Gasteiger partial charge is 0.397 e. The van der Waals surface area contributed by atoms with Crippen molar-refractivity contribution in [2.24, 2.45) is 0 Å². The highest BCUT2D eigenvalue weighted by Gasteiger charge is 2.34. The van der Waals surface area contributed by atoms with Gasteiger partial charge < -0.3 is 5.73 Å². The Bertz CT molecular complexity index is 376. The Kier molecular flexibility index (Phi) is 2.84. The first-order valence-corrected chi connectivity index (χ1v) is 4.27. The lowest BCUT2D eigenvalue weighted by molar-refractivity contribution is -0.137. The molecule has 0 saturated carbocycles. The SMILES string of the molecule is Nc1c(Br)ccc(C(F)(F)F)c1C=O. The number of anilines is 1. The third-order valence-corrected chi connectivity index (χ3v) is 2.35. The highest BCUT2D eigenvalue weighted by Crippen LogP contribution is 2.36. The van der Waals surface area contributed by atoms with E-state index in [4.69, 9.17) is 5.73 Å². The highest BCUT2D eigenvalue weighted by atomic mass is 79.9. The maximum atomic E-state index is 12.3. The fraction of sp³-hybridized carbons (Fsp3) is 0.125. The van der Waals surface area contributed by atoms with Crippen LogP contribution in [0.5, 0.6) is 0 Å². The van der Waals surface area contributed by atoms with Crippen molar-refractivity contribution in [3.05, 3.63) is 27.7 Å². The molecule has 0 radical (unpaired) electrons. The number of halogens is 4. The van der Waals surface area contributed by atoms with E-state index >= 15 is 0 Å². The maximum absolute atomic E-state index is 12.3. The molecule has 0 fully saturated rings. The molecule has 6 heteroatoms. The first-order valence-electron chi connectivity index (χ1n) is 3.48. The average Bonchev–Trinajstić information content (AvgIpc) is 2.07. The van der Waals surface area contributed by atoms with Crippen LogP contribution in [0, 0.1) is 0 Å². The van der Waals surface area contributed by atoms with E-state index in [-0.39, 0.29) is 16.4 Å². The largest absolute Gasteiger partial charge is 0.417 e. The van der Waals surface area contributed by atoms with Crippen molar-refractivity contribution in [2.75, 3.05) is 5.73 Å². The van der Waals surface area contributed by atoms with Crippen molar-refractivity contribution in [2.45, 2.75) is 6.18 Å². The van der Waals surface area contributed by atoms with Gasteiger partial charge in [0.25, 0.3) is 0 Å². The molecule has 0 saturated heterocycles. The number of hydrogen-bond acceptors (Lipinski definition) is 2. The zero-order chi connectivity index (χ0) is 10.9. The molecule has 0 bridgehead atoms. The molecule has 0 aliphatic heterocycles. The number of hydrogen-bond donors (Lipinski definition) is 1. The van der Waals surface area contributed by atoms with E-state index in [0.717, 1.165) is 12.1 Å². The number of nitrogens with two attached hydrogens (primary N) is 1. The van der Waals surface area contributed by atoms with Gasteiger partial charge in [-0.1, -0.05) is 0 Å². The number of alkyl halides is 3. The van der Waals surface area contributed by atoms with Crippen molar-refractivity contribution in [3.8, 4) is 0 Å². The van der Waals surface area contributed by atoms with Crippen LogP contribution in [-0.2, 0) is 6.18 Å². The van der Waals surface area contributed by atoms with Gasteiger partial charge in [0, 0.05) is 4.47 Å². The minimum absolute atomic E-state index is 0.100. The molecule has 0 aliphatic carbocycles. The third kappa shape index (κ3) is 1.89. The topological polar surface area (TPSA) is 43.1 Å². The van der Waals surface area contributed by atoms with E-state index in [1.54, 1.807) is 0 Å². The minimum atomic E-state index is -4.56. The molecule has 0 amide bonds.